The molecule has 9 heteroatoms. The van der Waals surface area contributed by atoms with Gasteiger partial charge in [-0.05, 0) is 32.1 Å². The summed E-state index contributed by atoms with van der Waals surface area (Å²) in [4.78, 5) is 30.3. The van der Waals surface area contributed by atoms with Crippen LogP contribution in [0.25, 0.3) is 0 Å². The van der Waals surface area contributed by atoms with Crippen LogP contribution in [0.4, 0.5) is 0 Å². The molecule has 1 fully saturated rings. The van der Waals surface area contributed by atoms with E-state index >= 15 is 0 Å². The summed E-state index contributed by atoms with van der Waals surface area (Å²) in [6.45, 7) is 1.33. The Morgan fingerprint density at radius 3 is 1.88 bits per heavy atom. The molecule has 0 atom stereocenters. The highest BCUT2D eigenvalue weighted by Gasteiger charge is 2.05. The van der Waals surface area contributed by atoms with Gasteiger partial charge in [-0.25, -0.2) is 0 Å². The van der Waals surface area contributed by atoms with E-state index in [-0.39, 0.29) is 32.0 Å². The maximum Gasteiger partial charge on any atom is 0.305 e. The van der Waals surface area contributed by atoms with Gasteiger partial charge in [-0.15, -0.1) is 0 Å². The van der Waals surface area contributed by atoms with Crippen LogP contribution in [0.1, 0.15) is 51.4 Å². The molecule has 0 saturated carbocycles. The monoisotopic (exact) mass is 366 g/mol. The van der Waals surface area contributed by atoms with Gasteiger partial charge in [0.1, 0.15) is 0 Å². The lowest BCUT2D eigenvalue weighted by Crippen LogP contribution is -2.03. The molecule has 25 heavy (non-hydrogen) atoms. The molecule has 1 rings (SSSR count). The number of carboxylic acid groups (broad SMARTS) is 2. The normalized spacial score (nSPS) is 13.3. The number of hydrogen-bond donors (Lipinski definition) is 4. The van der Waals surface area contributed by atoms with Crippen LogP contribution in [-0.2, 0) is 23.9 Å². The zero-order valence-electron chi connectivity index (χ0n) is 14.5. The van der Waals surface area contributed by atoms with E-state index in [1.54, 1.807) is 0 Å². The van der Waals surface area contributed by atoms with Gasteiger partial charge in [0.25, 0.3) is 0 Å². The van der Waals surface area contributed by atoms with Gasteiger partial charge < -0.3 is 29.9 Å². The lowest BCUT2D eigenvalue weighted by atomic mass is 10.2. The summed E-state index contributed by atoms with van der Waals surface area (Å²) in [6.07, 6.45) is 4.85. The maximum atomic E-state index is 10.5. The molecule has 0 bridgehead atoms. The Morgan fingerprint density at radius 2 is 1.44 bits per heavy atom. The number of ether oxygens (including phenoxy) is 2. The fraction of sp³-hybridized carbons (Fsp3) is 0.812. The van der Waals surface area contributed by atoms with Gasteiger partial charge in [-0.1, -0.05) is 0 Å². The number of carbonyl (C=O) groups excluding carboxylic acids is 1. The fourth-order valence-electron chi connectivity index (χ4n) is 1.59. The van der Waals surface area contributed by atoms with Crippen molar-refractivity contribution in [3.05, 3.63) is 0 Å². The van der Waals surface area contributed by atoms with Gasteiger partial charge >= 0.3 is 17.9 Å². The Hall–Kier alpha value is -1.71. The molecule has 0 spiro atoms. The van der Waals surface area contributed by atoms with Crippen molar-refractivity contribution in [2.24, 2.45) is 0 Å². The van der Waals surface area contributed by atoms with Crippen molar-refractivity contribution in [3.63, 3.8) is 0 Å². The number of esters is 1. The van der Waals surface area contributed by atoms with E-state index in [1.807, 2.05) is 0 Å². The molecule has 0 amide bonds. The summed E-state index contributed by atoms with van der Waals surface area (Å²) >= 11 is 0. The van der Waals surface area contributed by atoms with Gasteiger partial charge in [-0.2, -0.15) is 0 Å². The number of carbonyl (C=O) groups is 3. The number of aliphatic hydroxyl groups is 2. The minimum absolute atomic E-state index is 0.0255. The molecule has 4 N–H and O–H groups in total. The van der Waals surface area contributed by atoms with E-state index < -0.39 is 11.9 Å². The van der Waals surface area contributed by atoms with Crippen molar-refractivity contribution in [1.82, 2.24) is 0 Å². The first-order valence-electron chi connectivity index (χ1n) is 8.32. The number of rotatable bonds is 9. The number of hydrogen-bond acceptors (Lipinski definition) is 7. The van der Waals surface area contributed by atoms with Crippen LogP contribution in [0, 0.1) is 0 Å². The Labute approximate surface area is 147 Å². The summed E-state index contributed by atoms with van der Waals surface area (Å²) in [5.74, 6) is -1.77. The highest BCUT2D eigenvalue weighted by atomic mass is 16.5. The molecule has 148 valence electrons. The maximum absolute atomic E-state index is 10.5. The predicted molar refractivity (Wildman–Crippen MR) is 88.2 cm³/mol. The van der Waals surface area contributed by atoms with Crippen molar-refractivity contribution < 1.29 is 44.3 Å². The summed E-state index contributed by atoms with van der Waals surface area (Å²) < 4.78 is 9.40. The second-order valence-electron chi connectivity index (χ2n) is 5.09. The molecule has 1 saturated heterocycles. The van der Waals surface area contributed by atoms with Crippen LogP contribution < -0.4 is 0 Å². The molecule has 1 aliphatic heterocycles. The SMILES string of the molecule is O=C(O)CCCCC(=O)O.O=C1CCCCCO1.OCCOCCO. The van der Waals surface area contributed by atoms with E-state index in [0.29, 0.717) is 39.1 Å². The summed E-state index contributed by atoms with van der Waals surface area (Å²) in [7, 11) is 0. The Morgan fingerprint density at radius 1 is 0.920 bits per heavy atom. The summed E-state index contributed by atoms with van der Waals surface area (Å²) in [5.41, 5.74) is 0. The van der Waals surface area contributed by atoms with E-state index in [1.165, 1.54) is 0 Å². The first-order valence-corrected chi connectivity index (χ1v) is 8.32. The second kappa shape index (κ2) is 20.3. The largest absolute Gasteiger partial charge is 0.481 e. The van der Waals surface area contributed by atoms with E-state index in [0.717, 1.165) is 19.3 Å². The molecular weight excluding hydrogens is 336 g/mol. The predicted octanol–water partition coefficient (Wildman–Crippen LogP) is 0.807. The smallest absolute Gasteiger partial charge is 0.305 e. The number of unbranched alkanes of at least 4 members (excludes halogenated alkanes) is 1. The Bertz CT molecular complexity index is 314. The quantitative estimate of drug-likeness (QED) is 0.343. The third kappa shape index (κ3) is 27.4. The Kier molecular flexibility index (Phi) is 20.8. The summed E-state index contributed by atoms with van der Waals surface area (Å²) in [5, 5.41) is 32.4. The molecule has 9 nitrogen and oxygen atoms in total. The molecular formula is C16H30O9. The molecule has 0 unspecified atom stereocenters. The molecule has 0 aromatic carbocycles. The number of aliphatic carboxylic acids is 2. The van der Waals surface area contributed by atoms with Crippen LogP contribution in [0.5, 0.6) is 0 Å². The standard InChI is InChI=1S/C6H10O4.C6H10O2.C4H10O3/c7-5(8)3-1-2-4-6(9)10;7-6-4-2-1-3-5-8-6;5-1-3-7-4-2-6/h1-4H2,(H,7,8)(H,9,10);1-5H2;5-6H,1-4H2. The first kappa shape index (κ1) is 25.5. The minimum atomic E-state index is -0.870. The molecule has 1 heterocycles. The van der Waals surface area contributed by atoms with Gasteiger partial charge in [0.15, 0.2) is 0 Å². The number of carboxylic acids is 2. The van der Waals surface area contributed by atoms with Crippen molar-refractivity contribution in [3.8, 4) is 0 Å². The van der Waals surface area contributed by atoms with Crippen molar-refractivity contribution in [2.45, 2.75) is 51.4 Å². The van der Waals surface area contributed by atoms with Crippen LogP contribution in [0.3, 0.4) is 0 Å². The van der Waals surface area contributed by atoms with Gasteiger partial charge in [0.2, 0.25) is 0 Å². The first-order chi connectivity index (χ1) is 11.9. The third-order valence-corrected chi connectivity index (χ3v) is 2.79. The zero-order chi connectivity index (χ0) is 19.3. The average Bonchev–Trinajstić information content (AvgIpc) is 2.81. The van der Waals surface area contributed by atoms with Crippen LogP contribution in [0.15, 0.2) is 0 Å². The van der Waals surface area contributed by atoms with Gasteiger partial charge in [0.05, 0.1) is 33.0 Å². The summed E-state index contributed by atoms with van der Waals surface area (Å²) in [6, 6.07) is 0. The van der Waals surface area contributed by atoms with Gasteiger partial charge in [0, 0.05) is 19.3 Å². The molecule has 0 radical (unpaired) electrons. The van der Waals surface area contributed by atoms with Crippen molar-refractivity contribution in [1.29, 1.82) is 0 Å². The highest BCUT2D eigenvalue weighted by molar-refractivity contribution is 5.69. The van der Waals surface area contributed by atoms with Crippen molar-refractivity contribution in [2.75, 3.05) is 33.0 Å². The second-order valence-corrected chi connectivity index (χ2v) is 5.09. The lowest BCUT2D eigenvalue weighted by molar-refractivity contribution is -0.142. The van der Waals surface area contributed by atoms with Crippen LogP contribution >= 0.6 is 0 Å². The minimum Gasteiger partial charge on any atom is -0.481 e. The van der Waals surface area contributed by atoms with Crippen LogP contribution in [-0.4, -0.2) is 71.4 Å². The van der Waals surface area contributed by atoms with Gasteiger partial charge in [-0.3, -0.25) is 14.4 Å². The van der Waals surface area contributed by atoms with E-state index in [2.05, 4.69) is 4.74 Å². The van der Waals surface area contributed by atoms with Crippen LogP contribution in [0.2, 0.25) is 0 Å². The topological polar surface area (TPSA) is 151 Å². The fourth-order valence-corrected chi connectivity index (χ4v) is 1.59. The van der Waals surface area contributed by atoms with E-state index in [9.17, 15) is 14.4 Å². The Balaban J connectivity index is 0. The zero-order valence-corrected chi connectivity index (χ0v) is 14.5. The number of cyclic esters (lactones) is 1. The third-order valence-electron chi connectivity index (χ3n) is 2.79. The van der Waals surface area contributed by atoms with E-state index in [4.69, 9.17) is 25.2 Å². The van der Waals surface area contributed by atoms with Crippen molar-refractivity contribution >= 4 is 17.9 Å². The molecule has 0 aromatic heterocycles. The average molecular weight is 366 g/mol. The molecule has 0 aromatic rings. The molecule has 1 aliphatic rings. The number of aliphatic hydroxyl groups excluding tert-OH is 2. The lowest BCUT2D eigenvalue weighted by Gasteiger charge is -1.94. The molecule has 0 aliphatic carbocycles. The highest BCUT2D eigenvalue weighted by Crippen LogP contribution is 2.06.